The predicted octanol–water partition coefficient (Wildman–Crippen LogP) is 3.00. The van der Waals surface area contributed by atoms with Gasteiger partial charge in [0, 0.05) is 6.42 Å². The summed E-state index contributed by atoms with van der Waals surface area (Å²) in [6, 6.07) is 9.70. The molecule has 3 nitrogen and oxygen atoms in total. The number of ketones is 1. The van der Waals surface area contributed by atoms with Crippen molar-refractivity contribution in [2.45, 2.75) is 27.2 Å². The number of benzene rings is 1. The third-order valence-corrected chi connectivity index (χ3v) is 3.58. The lowest BCUT2D eigenvalue weighted by molar-refractivity contribution is -0.149. The first-order valence-electron chi connectivity index (χ1n) is 6.48. The number of hydrogen-bond donors (Lipinski definition) is 0. The van der Waals surface area contributed by atoms with Gasteiger partial charge in [0.05, 0.1) is 6.61 Å². The van der Waals surface area contributed by atoms with Gasteiger partial charge in [-0.3, -0.25) is 9.59 Å². The van der Waals surface area contributed by atoms with Gasteiger partial charge in [0.25, 0.3) is 0 Å². The summed E-state index contributed by atoms with van der Waals surface area (Å²) < 4.78 is 5.16. The summed E-state index contributed by atoms with van der Waals surface area (Å²) in [6.07, 6.45) is 0.196. The molecule has 0 bridgehead atoms. The van der Waals surface area contributed by atoms with Crippen LogP contribution in [-0.2, 0) is 14.3 Å². The Morgan fingerprint density at radius 3 is 2.37 bits per heavy atom. The topological polar surface area (TPSA) is 43.4 Å². The maximum Gasteiger partial charge on any atom is 0.321 e. The Morgan fingerprint density at radius 1 is 1.21 bits per heavy atom. The quantitative estimate of drug-likeness (QED) is 0.762. The van der Waals surface area contributed by atoms with Crippen LogP contribution in [0.25, 0.3) is 5.57 Å². The SMILES string of the molecule is CCOC(=O)C1(CC(C)=O)C(C)=C1c1ccccc1. The van der Waals surface area contributed by atoms with Crippen molar-refractivity contribution in [3.63, 3.8) is 0 Å². The molecule has 0 saturated heterocycles. The zero-order chi connectivity index (χ0) is 14.0. The number of Topliss-reactive ketones (excluding diaryl/α,β-unsaturated/α-hetero) is 1. The van der Waals surface area contributed by atoms with Crippen LogP contribution in [0.2, 0.25) is 0 Å². The van der Waals surface area contributed by atoms with Gasteiger partial charge in [-0.1, -0.05) is 30.3 Å². The van der Waals surface area contributed by atoms with E-state index in [9.17, 15) is 9.59 Å². The first-order valence-corrected chi connectivity index (χ1v) is 6.48. The second-order valence-corrected chi connectivity index (χ2v) is 4.87. The molecule has 100 valence electrons. The molecule has 0 aliphatic heterocycles. The summed E-state index contributed by atoms with van der Waals surface area (Å²) in [5, 5.41) is 0. The number of ether oxygens (including phenoxy) is 1. The minimum atomic E-state index is -0.816. The highest BCUT2D eigenvalue weighted by molar-refractivity contribution is 6.11. The van der Waals surface area contributed by atoms with Crippen molar-refractivity contribution in [1.82, 2.24) is 0 Å². The number of carbonyl (C=O) groups is 2. The van der Waals surface area contributed by atoms with E-state index >= 15 is 0 Å². The van der Waals surface area contributed by atoms with E-state index in [-0.39, 0.29) is 18.2 Å². The van der Waals surface area contributed by atoms with E-state index in [1.807, 2.05) is 37.3 Å². The fraction of sp³-hybridized carbons (Fsp3) is 0.375. The molecule has 0 spiro atoms. The Hall–Kier alpha value is -1.90. The monoisotopic (exact) mass is 258 g/mol. The molecular formula is C16H18O3. The molecule has 1 aromatic carbocycles. The molecule has 0 aromatic heterocycles. The van der Waals surface area contributed by atoms with Crippen LogP contribution in [0.5, 0.6) is 0 Å². The van der Waals surface area contributed by atoms with Crippen LogP contribution in [0.1, 0.15) is 32.8 Å². The number of esters is 1. The Labute approximate surface area is 113 Å². The van der Waals surface area contributed by atoms with Crippen LogP contribution >= 0.6 is 0 Å². The van der Waals surface area contributed by atoms with Crippen LogP contribution in [0.3, 0.4) is 0 Å². The molecule has 1 atom stereocenters. The first-order chi connectivity index (χ1) is 9.04. The van der Waals surface area contributed by atoms with Gasteiger partial charge in [-0.15, -0.1) is 0 Å². The molecule has 0 radical (unpaired) electrons. The summed E-state index contributed by atoms with van der Waals surface area (Å²) in [6.45, 7) is 5.52. The molecular weight excluding hydrogens is 240 g/mol. The molecule has 1 aromatic rings. The molecule has 19 heavy (non-hydrogen) atoms. The zero-order valence-electron chi connectivity index (χ0n) is 11.5. The fourth-order valence-corrected chi connectivity index (χ4v) is 2.70. The summed E-state index contributed by atoms with van der Waals surface area (Å²) >= 11 is 0. The third-order valence-electron chi connectivity index (χ3n) is 3.58. The van der Waals surface area contributed by atoms with Crippen LogP contribution < -0.4 is 0 Å². The highest BCUT2D eigenvalue weighted by atomic mass is 16.5. The Kier molecular flexibility index (Phi) is 3.56. The number of carbonyl (C=O) groups excluding carboxylic acids is 2. The summed E-state index contributed by atoms with van der Waals surface area (Å²) in [7, 11) is 0. The largest absolute Gasteiger partial charge is 0.465 e. The highest BCUT2D eigenvalue weighted by Crippen LogP contribution is 2.61. The van der Waals surface area contributed by atoms with Gasteiger partial charge in [-0.05, 0) is 37.5 Å². The van der Waals surface area contributed by atoms with Gasteiger partial charge in [-0.25, -0.2) is 0 Å². The van der Waals surface area contributed by atoms with Gasteiger partial charge < -0.3 is 4.74 Å². The second-order valence-electron chi connectivity index (χ2n) is 4.87. The molecule has 0 saturated carbocycles. The standard InChI is InChI=1S/C16H18O3/c1-4-19-15(18)16(10-11(2)17)12(3)14(16)13-8-6-5-7-9-13/h5-9H,4,10H2,1-3H3. The van der Waals surface area contributed by atoms with E-state index in [1.165, 1.54) is 6.92 Å². The van der Waals surface area contributed by atoms with Crippen LogP contribution in [-0.4, -0.2) is 18.4 Å². The highest BCUT2D eigenvalue weighted by Gasteiger charge is 2.58. The van der Waals surface area contributed by atoms with E-state index < -0.39 is 5.41 Å². The average Bonchev–Trinajstić information content (AvgIpc) is 2.96. The molecule has 0 amide bonds. The minimum Gasteiger partial charge on any atom is -0.465 e. The van der Waals surface area contributed by atoms with Crippen molar-refractivity contribution in [2.24, 2.45) is 5.41 Å². The number of rotatable bonds is 5. The van der Waals surface area contributed by atoms with E-state index in [0.29, 0.717) is 6.61 Å². The molecule has 1 aliphatic carbocycles. The van der Waals surface area contributed by atoms with Gasteiger partial charge >= 0.3 is 5.97 Å². The van der Waals surface area contributed by atoms with Crippen LogP contribution in [0, 0.1) is 5.41 Å². The van der Waals surface area contributed by atoms with Crippen molar-refractivity contribution in [1.29, 1.82) is 0 Å². The molecule has 3 heteroatoms. The van der Waals surface area contributed by atoms with E-state index in [4.69, 9.17) is 4.74 Å². The third kappa shape index (κ3) is 2.21. The first kappa shape index (κ1) is 13.5. The maximum absolute atomic E-state index is 12.2. The molecule has 1 aliphatic rings. The Morgan fingerprint density at radius 2 is 1.84 bits per heavy atom. The molecule has 0 heterocycles. The van der Waals surface area contributed by atoms with Crippen molar-refractivity contribution in [2.75, 3.05) is 6.61 Å². The molecule has 0 N–H and O–H groups in total. The van der Waals surface area contributed by atoms with Crippen molar-refractivity contribution in [3.8, 4) is 0 Å². The fourth-order valence-electron chi connectivity index (χ4n) is 2.70. The molecule has 2 rings (SSSR count). The smallest absolute Gasteiger partial charge is 0.321 e. The Balaban J connectivity index is 2.34. The summed E-state index contributed by atoms with van der Waals surface area (Å²) in [5.74, 6) is -0.306. The van der Waals surface area contributed by atoms with E-state index in [0.717, 1.165) is 16.7 Å². The van der Waals surface area contributed by atoms with Gasteiger partial charge in [0.2, 0.25) is 0 Å². The molecule has 1 unspecified atom stereocenters. The van der Waals surface area contributed by atoms with E-state index in [1.54, 1.807) is 6.92 Å². The van der Waals surface area contributed by atoms with Crippen LogP contribution in [0.4, 0.5) is 0 Å². The normalized spacial score (nSPS) is 21.2. The summed E-state index contributed by atoms with van der Waals surface area (Å²) in [5.41, 5.74) is 2.08. The lowest BCUT2D eigenvalue weighted by Gasteiger charge is -2.16. The number of hydrogen-bond acceptors (Lipinski definition) is 3. The van der Waals surface area contributed by atoms with Crippen molar-refractivity contribution < 1.29 is 14.3 Å². The maximum atomic E-state index is 12.2. The lowest BCUT2D eigenvalue weighted by Crippen LogP contribution is -2.26. The average molecular weight is 258 g/mol. The van der Waals surface area contributed by atoms with Crippen LogP contribution in [0.15, 0.2) is 35.9 Å². The van der Waals surface area contributed by atoms with Crippen molar-refractivity contribution >= 4 is 17.3 Å². The molecule has 0 fully saturated rings. The summed E-state index contributed by atoms with van der Waals surface area (Å²) in [4.78, 5) is 23.7. The van der Waals surface area contributed by atoms with E-state index in [2.05, 4.69) is 0 Å². The predicted molar refractivity (Wildman–Crippen MR) is 73.4 cm³/mol. The lowest BCUT2D eigenvalue weighted by atomic mass is 9.89. The Bertz CT molecular complexity index is 542. The second kappa shape index (κ2) is 5.00. The van der Waals surface area contributed by atoms with Crippen molar-refractivity contribution in [3.05, 3.63) is 41.5 Å². The van der Waals surface area contributed by atoms with Gasteiger partial charge in [-0.2, -0.15) is 0 Å². The minimum absolute atomic E-state index is 0.00154. The van der Waals surface area contributed by atoms with Gasteiger partial charge in [0.1, 0.15) is 11.2 Å². The zero-order valence-corrected chi connectivity index (χ0v) is 11.5. The van der Waals surface area contributed by atoms with Gasteiger partial charge in [0.15, 0.2) is 0 Å².